The molecule has 0 amide bonds. The van der Waals surface area contributed by atoms with Gasteiger partial charge >= 0.3 is 5.97 Å². The van der Waals surface area contributed by atoms with Crippen molar-refractivity contribution in [3.63, 3.8) is 0 Å². The van der Waals surface area contributed by atoms with Crippen LogP contribution in [0.3, 0.4) is 0 Å². The monoisotopic (exact) mass is 268 g/mol. The van der Waals surface area contributed by atoms with Gasteiger partial charge in [0.15, 0.2) is 0 Å². The van der Waals surface area contributed by atoms with Gasteiger partial charge in [-0.25, -0.2) is 4.79 Å². The van der Waals surface area contributed by atoms with Gasteiger partial charge in [-0.15, -0.1) is 0 Å². The van der Waals surface area contributed by atoms with Crippen LogP contribution in [0.15, 0.2) is 24.3 Å². The van der Waals surface area contributed by atoms with Gasteiger partial charge in [-0.2, -0.15) is 0 Å². The van der Waals surface area contributed by atoms with E-state index in [2.05, 4.69) is 31.4 Å². The van der Waals surface area contributed by atoms with E-state index in [1.165, 1.54) is 7.11 Å². The Morgan fingerprint density at radius 2 is 2.07 bits per heavy atom. The van der Waals surface area contributed by atoms with Gasteiger partial charge < -0.3 is 9.47 Å². The van der Waals surface area contributed by atoms with Crippen molar-refractivity contribution in [2.24, 2.45) is 0 Å². The topological polar surface area (TPSA) is 35.5 Å². The van der Waals surface area contributed by atoms with Gasteiger partial charge in [0.1, 0.15) is 12.4 Å². The van der Waals surface area contributed by atoms with Crippen molar-refractivity contribution in [2.45, 2.75) is 0 Å². The van der Waals surface area contributed by atoms with E-state index in [4.69, 9.17) is 4.74 Å². The highest BCUT2D eigenvalue weighted by Gasteiger charge is 2.03. The molecule has 78 valence electrons. The minimum Gasteiger partial charge on any atom is -0.481 e. The lowest BCUT2D eigenvalue weighted by Gasteiger charge is -2.02. The average Bonchev–Trinajstić information content (AvgIpc) is 2.29. The van der Waals surface area contributed by atoms with Crippen molar-refractivity contribution < 1.29 is 14.3 Å². The van der Waals surface area contributed by atoms with Crippen LogP contribution in [0.4, 0.5) is 0 Å². The second-order valence-corrected chi connectivity index (χ2v) is 2.97. The van der Waals surface area contributed by atoms with E-state index >= 15 is 0 Å². The smallest absolute Gasteiger partial charge is 0.337 e. The first-order valence-corrected chi connectivity index (χ1v) is 4.97. The Bertz CT molecular complexity index is 387. The maximum Gasteiger partial charge on any atom is 0.337 e. The second-order valence-electron chi connectivity index (χ2n) is 2.58. The molecule has 0 aromatic heterocycles. The molecule has 15 heavy (non-hydrogen) atoms. The summed E-state index contributed by atoms with van der Waals surface area (Å²) in [5.41, 5.74) is 0.497. The van der Waals surface area contributed by atoms with Gasteiger partial charge in [-0.1, -0.05) is 0 Å². The number of esters is 1. The molecular weight excluding hydrogens is 260 g/mol. The Morgan fingerprint density at radius 3 is 2.60 bits per heavy atom. The van der Waals surface area contributed by atoms with E-state index < -0.39 is 0 Å². The van der Waals surface area contributed by atoms with E-state index in [-0.39, 0.29) is 5.97 Å². The van der Waals surface area contributed by atoms with E-state index in [0.717, 1.165) is 0 Å². The molecule has 4 heteroatoms. The van der Waals surface area contributed by atoms with Gasteiger partial charge in [0.2, 0.25) is 0 Å². The highest BCUT2D eigenvalue weighted by atomic mass is 79.9. The van der Waals surface area contributed by atoms with Crippen LogP contribution in [-0.4, -0.2) is 19.7 Å². The third kappa shape index (κ3) is 3.64. The highest BCUT2D eigenvalue weighted by Crippen LogP contribution is 2.12. The summed E-state index contributed by atoms with van der Waals surface area (Å²) in [6.07, 6.45) is 0. The zero-order valence-corrected chi connectivity index (χ0v) is 9.71. The molecule has 0 saturated carbocycles. The minimum atomic E-state index is -0.359. The van der Waals surface area contributed by atoms with Gasteiger partial charge in [-0.05, 0) is 35.0 Å². The van der Waals surface area contributed by atoms with Crippen molar-refractivity contribution in [3.8, 4) is 16.5 Å². The Hall–Kier alpha value is -1.47. The zero-order valence-electron chi connectivity index (χ0n) is 8.12. The Morgan fingerprint density at radius 1 is 1.40 bits per heavy atom. The number of carbonyl (C=O) groups excluding carboxylic acids is 1. The Kier molecular flexibility index (Phi) is 4.72. The van der Waals surface area contributed by atoms with Crippen molar-refractivity contribution in [2.75, 3.05) is 13.7 Å². The summed E-state index contributed by atoms with van der Waals surface area (Å²) in [5, 5.41) is 0. The second kappa shape index (κ2) is 6.10. The van der Waals surface area contributed by atoms with Crippen molar-refractivity contribution in [1.29, 1.82) is 0 Å². The van der Waals surface area contributed by atoms with Crippen LogP contribution in [-0.2, 0) is 4.74 Å². The van der Waals surface area contributed by atoms with Crippen molar-refractivity contribution >= 4 is 21.9 Å². The first-order valence-electron chi connectivity index (χ1n) is 4.17. The van der Waals surface area contributed by atoms with Crippen LogP contribution in [0.1, 0.15) is 10.4 Å². The molecule has 0 fully saturated rings. The molecule has 0 aliphatic rings. The number of hydrogen-bond donors (Lipinski definition) is 0. The summed E-state index contributed by atoms with van der Waals surface area (Å²) in [6.45, 7) is 0.308. The maximum absolute atomic E-state index is 11.1. The van der Waals surface area contributed by atoms with Crippen molar-refractivity contribution in [1.82, 2.24) is 0 Å². The van der Waals surface area contributed by atoms with E-state index in [1.807, 2.05) is 0 Å². The Balaban J connectivity index is 2.62. The van der Waals surface area contributed by atoms with Gasteiger partial charge in [-0.3, -0.25) is 0 Å². The van der Waals surface area contributed by atoms with Crippen LogP contribution < -0.4 is 4.74 Å². The van der Waals surface area contributed by atoms with Gasteiger partial charge in [0.05, 0.1) is 12.7 Å². The molecule has 0 N–H and O–H groups in total. The molecule has 0 heterocycles. The molecule has 0 bridgehead atoms. The highest BCUT2D eigenvalue weighted by molar-refractivity contribution is 9.12. The number of benzene rings is 1. The average molecular weight is 269 g/mol. The molecule has 0 unspecified atom stereocenters. The molecule has 0 spiro atoms. The Labute approximate surface area is 96.5 Å². The predicted octanol–water partition coefficient (Wildman–Crippen LogP) is 2.21. The summed E-state index contributed by atoms with van der Waals surface area (Å²) in [5.74, 6) is 3.00. The lowest BCUT2D eigenvalue weighted by molar-refractivity contribution is 0.0600. The van der Waals surface area contributed by atoms with Crippen LogP contribution in [0.5, 0.6) is 5.75 Å². The fourth-order valence-electron chi connectivity index (χ4n) is 0.952. The molecule has 1 aromatic rings. The van der Waals surface area contributed by atoms with Crippen LogP contribution >= 0.6 is 15.9 Å². The molecule has 0 aliphatic carbocycles. The van der Waals surface area contributed by atoms with E-state index in [9.17, 15) is 4.79 Å². The summed E-state index contributed by atoms with van der Waals surface area (Å²) in [7, 11) is 1.35. The lowest BCUT2D eigenvalue weighted by atomic mass is 10.2. The summed E-state index contributed by atoms with van der Waals surface area (Å²) < 4.78 is 9.83. The third-order valence-corrected chi connectivity index (χ3v) is 1.93. The summed E-state index contributed by atoms with van der Waals surface area (Å²) >= 11 is 2.96. The number of ether oxygens (including phenoxy) is 2. The maximum atomic E-state index is 11.1. The van der Waals surface area contributed by atoms with Crippen molar-refractivity contribution in [3.05, 3.63) is 29.8 Å². The van der Waals surface area contributed by atoms with Crippen LogP contribution in [0.25, 0.3) is 0 Å². The standard InChI is InChI=1S/C11H9BrO3/c1-14-11(13)9-3-5-10(6-4-9)15-8-2-7-12/h3-6H,8H2,1H3. The molecular formula is C11H9BrO3. The molecule has 0 atom stereocenters. The molecule has 3 nitrogen and oxygen atoms in total. The van der Waals surface area contributed by atoms with Crippen LogP contribution in [0.2, 0.25) is 0 Å². The van der Waals surface area contributed by atoms with Gasteiger partial charge in [0, 0.05) is 15.9 Å². The lowest BCUT2D eigenvalue weighted by Crippen LogP contribution is -2.01. The fourth-order valence-corrected chi connectivity index (χ4v) is 1.07. The largest absolute Gasteiger partial charge is 0.481 e. The molecule has 1 rings (SSSR count). The van der Waals surface area contributed by atoms with Crippen LogP contribution in [0, 0.1) is 10.8 Å². The fraction of sp³-hybridized carbons (Fsp3) is 0.182. The predicted molar refractivity (Wildman–Crippen MR) is 60.0 cm³/mol. The number of carbonyl (C=O) groups is 1. The third-order valence-electron chi connectivity index (χ3n) is 1.65. The van der Waals surface area contributed by atoms with E-state index in [0.29, 0.717) is 17.9 Å². The zero-order chi connectivity index (χ0) is 11.1. The van der Waals surface area contributed by atoms with Gasteiger partial charge in [0.25, 0.3) is 0 Å². The number of rotatable bonds is 3. The van der Waals surface area contributed by atoms with E-state index in [1.54, 1.807) is 24.3 Å². The molecule has 0 saturated heterocycles. The summed E-state index contributed by atoms with van der Waals surface area (Å²) in [4.78, 5) is 13.6. The first-order chi connectivity index (χ1) is 7.27. The normalized spacial score (nSPS) is 8.67. The molecule has 1 aromatic carbocycles. The number of hydrogen-bond acceptors (Lipinski definition) is 3. The number of methoxy groups -OCH3 is 1. The summed E-state index contributed by atoms with van der Waals surface area (Å²) in [6, 6.07) is 6.68. The number of halogens is 1. The molecule has 0 radical (unpaired) electrons. The minimum absolute atomic E-state index is 0.308. The first kappa shape index (κ1) is 11.6. The SMILES string of the molecule is COC(=O)c1ccc(OCC#CBr)cc1. The quantitative estimate of drug-likeness (QED) is 0.623. The molecule has 0 aliphatic heterocycles.